The highest BCUT2D eigenvalue weighted by molar-refractivity contribution is 7.80. The molecular weight excluding hydrogens is 267 g/mol. The van der Waals surface area contributed by atoms with E-state index in [2.05, 4.69) is 10.6 Å². The van der Waals surface area contributed by atoms with Gasteiger partial charge in [-0.25, -0.2) is 4.39 Å². The summed E-state index contributed by atoms with van der Waals surface area (Å²) in [6.45, 7) is 4.72. The summed E-state index contributed by atoms with van der Waals surface area (Å²) >= 11 is 5.12. The second-order valence-corrected chi connectivity index (χ2v) is 4.44. The lowest BCUT2D eigenvalue weighted by Gasteiger charge is -2.16. The molecule has 0 aliphatic heterocycles. The molecule has 0 bridgehead atoms. The van der Waals surface area contributed by atoms with Gasteiger partial charge in [-0.2, -0.15) is 0 Å². The third-order valence-electron chi connectivity index (χ3n) is 2.28. The van der Waals surface area contributed by atoms with E-state index in [4.69, 9.17) is 21.7 Å². The maximum atomic E-state index is 13.6. The maximum Gasteiger partial charge on any atom is 0.171 e. The van der Waals surface area contributed by atoms with Crippen molar-refractivity contribution in [2.24, 2.45) is 0 Å². The Kier molecular flexibility index (Phi) is 6.52. The third-order valence-corrected chi connectivity index (χ3v) is 2.50. The average molecular weight is 286 g/mol. The number of benzene rings is 1. The van der Waals surface area contributed by atoms with Crippen LogP contribution in [-0.4, -0.2) is 31.5 Å². The molecule has 0 aliphatic rings. The molecule has 0 radical (unpaired) electrons. The summed E-state index contributed by atoms with van der Waals surface area (Å²) in [4.78, 5) is 0. The van der Waals surface area contributed by atoms with E-state index in [1.54, 1.807) is 19.2 Å². The lowest BCUT2D eigenvalue weighted by atomic mass is 10.3. The number of rotatable bonds is 6. The van der Waals surface area contributed by atoms with Crippen molar-refractivity contribution in [2.45, 2.75) is 19.9 Å². The number of thiocarbonyl (C=S) groups is 1. The van der Waals surface area contributed by atoms with Gasteiger partial charge in [0.1, 0.15) is 0 Å². The molecule has 6 heteroatoms. The van der Waals surface area contributed by atoms with Crippen LogP contribution in [0.2, 0.25) is 0 Å². The van der Waals surface area contributed by atoms with E-state index in [0.717, 1.165) is 0 Å². The molecule has 0 amide bonds. The van der Waals surface area contributed by atoms with Gasteiger partial charge in [-0.05, 0) is 38.2 Å². The van der Waals surface area contributed by atoms with Gasteiger partial charge < -0.3 is 20.1 Å². The molecule has 0 spiro atoms. The Labute approximate surface area is 118 Å². The van der Waals surface area contributed by atoms with Crippen molar-refractivity contribution in [2.75, 3.05) is 25.6 Å². The quantitative estimate of drug-likeness (QED) is 0.787. The number of halogens is 1. The summed E-state index contributed by atoms with van der Waals surface area (Å²) in [6, 6.07) is 4.71. The maximum absolute atomic E-state index is 13.6. The minimum atomic E-state index is -0.417. The molecule has 1 aromatic carbocycles. The number of ether oxygens (including phenoxy) is 2. The molecule has 1 aromatic rings. The SMILES string of the molecule is CCOc1ccc(NC(=S)NC(C)COC)cc1F. The van der Waals surface area contributed by atoms with Gasteiger partial charge in [0.05, 0.1) is 13.2 Å². The molecular formula is C13H19FN2O2S. The van der Waals surface area contributed by atoms with Crippen molar-refractivity contribution in [1.82, 2.24) is 5.32 Å². The van der Waals surface area contributed by atoms with E-state index >= 15 is 0 Å². The minimum absolute atomic E-state index is 0.0811. The number of nitrogens with one attached hydrogen (secondary N) is 2. The van der Waals surface area contributed by atoms with E-state index < -0.39 is 5.82 Å². The second kappa shape index (κ2) is 7.91. The van der Waals surface area contributed by atoms with Crippen molar-refractivity contribution in [1.29, 1.82) is 0 Å². The highest BCUT2D eigenvalue weighted by atomic mass is 32.1. The number of hydrogen-bond acceptors (Lipinski definition) is 3. The molecule has 106 valence electrons. The molecule has 0 saturated carbocycles. The predicted octanol–water partition coefficient (Wildman–Crippen LogP) is 2.55. The van der Waals surface area contributed by atoms with Crippen LogP contribution in [0.1, 0.15) is 13.8 Å². The molecule has 19 heavy (non-hydrogen) atoms. The first-order chi connectivity index (χ1) is 9.06. The molecule has 0 aliphatic carbocycles. The van der Waals surface area contributed by atoms with Crippen molar-refractivity contribution < 1.29 is 13.9 Å². The standard InChI is InChI=1S/C13H19FN2O2S/c1-4-18-12-6-5-10(7-11(12)14)16-13(19)15-9(2)8-17-3/h5-7,9H,4,8H2,1-3H3,(H2,15,16,19). The first-order valence-corrected chi connectivity index (χ1v) is 6.46. The molecule has 2 N–H and O–H groups in total. The third kappa shape index (κ3) is 5.40. The highest BCUT2D eigenvalue weighted by Gasteiger charge is 2.07. The fourth-order valence-corrected chi connectivity index (χ4v) is 1.85. The van der Waals surface area contributed by atoms with Crippen LogP contribution in [0.25, 0.3) is 0 Å². The van der Waals surface area contributed by atoms with Crippen molar-refractivity contribution >= 4 is 23.0 Å². The lowest BCUT2D eigenvalue weighted by Crippen LogP contribution is -2.38. The van der Waals surface area contributed by atoms with Crippen LogP contribution in [0.4, 0.5) is 10.1 Å². The Morgan fingerprint density at radius 2 is 2.21 bits per heavy atom. The molecule has 4 nitrogen and oxygen atoms in total. The van der Waals surface area contributed by atoms with E-state index in [1.165, 1.54) is 6.07 Å². The minimum Gasteiger partial charge on any atom is -0.491 e. The molecule has 0 aromatic heterocycles. The van der Waals surface area contributed by atoms with Crippen LogP contribution >= 0.6 is 12.2 Å². The number of hydrogen-bond donors (Lipinski definition) is 2. The zero-order chi connectivity index (χ0) is 14.3. The molecule has 1 atom stereocenters. The van der Waals surface area contributed by atoms with Crippen LogP contribution in [0, 0.1) is 5.82 Å². The van der Waals surface area contributed by atoms with E-state index in [1.807, 2.05) is 13.8 Å². The molecule has 0 fully saturated rings. The number of anilines is 1. The van der Waals surface area contributed by atoms with Crippen LogP contribution in [0.3, 0.4) is 0 Å². The van der Waals surface area contributed by atoms with Crippen molar-refractivity contribution in [3.63, 3.8) is 0 Å². The zero-order valence-electron chi connectivity index (χ0n) is 11.3. The summed E-state index contributed by atoms with van der Waals surface area (Å²) in [7, 11) is 1.62. The normalized spacial score (nSPS) is 11.8. The first-order valence-electron chi connectivity index (χ1n) is 6.05. The fourth-order valence-electron chi connectivity index (χ4n) is 1.53. The smallest absolute Gasteiger partial charge is 0.171 e. The summed E-state index contributed by atoms with van der Waals surface area (Å²) in [5, 5.41) is 6.36. The van der Waals surface area contributed by atoms with Crippen molar-refractivity contribution in [3.05, 3.63) is 24.0 Å². The van der Waals surface area contributed by atoms with Crippen LogP contribution < -0.4 is 15.4 Å². The zero-order valence-corrected chi connectivity index (χ0v) is 12.1. The number of methoxy groups -OCH3 is 1. The van der Waals surface area contributed by atoms with Crippen LogP contribution in [0.5, 0.6) is 5.75 Å². The van der Waals surface area contributed by atoms with Crippen molar-refractivity contribution in [3.8, 4) is 5.75 Å². The van der Waals surface area contributed by atoms with Crippen LogP contribution in [-0.2, 0) is 4.74 Å². The van der Waals surface area contributed by atoms with E-state index in [0.29, 0.717) is 24.0 Å². The Bertz CT molecular complexity index is 429. The van der Waals surface area contributed by atoms with Crippen LogP contribution in [0.15, 0.2) is 18.2 Å². The van der Waals surface area contributed by atoms with E-state index in [-0.39, 0.29) is 11.8 Å². The summed E-state index contributed by atoms with van der Waals surface area (Å²) in [6.07, 6.45) is 0. The lowest BCUT2D eigenvalue weighted by molar-refractivity contribution is 0.179. The van der Waals surface area contributed by atoms with Gasteiger partial charge in [-0.3, -0.25) is 0 Å². The Morgan fingerprint density at radius 1 is 1.47 bits per heavy atom. The molecule has 1 unspecified atom stereocenters. The largest absolute Gasteiger partial charge is 0.491 e. The van der Waals surface area contributed by atoms with E-state index in [9.17, 15) is 4.39 Å². The van der Waals surface area contributed by atoms with Gasteiger partial charge in [-0.15, -0.1) is 0 Å². The van der Waals surface area contributed by atoms with Gasteiger partial charge in [0.25, 0.3) is 0 Å². The van der Waals surface area contributed by atoms with Gasteiger partial charge in [0.15, 0.2) is 16.7 Å². The Hall–Kier alpha value is -1.40. The van der Waals surface area contributed by atoms with Gasteiger partial charge in [0.2, 0.25) is 0 Å². The second-order valence-electron chi connectivity index (χ2n) is 4.03. The summed E-state index contributed by atoms with van der Waals surface area (Å²) < 4.78 is 23.7. The summed E-state index contributed by atoms with van der Waals surface area (Å²) in [5.41, 5.74) is 0.572. The topological polar surface area (TPSA) is 42.5 Å². The molecule has 0 saturated heterocycles. The van der Waals surface area contributed by atoms with Gasteiger partial charge in [0, 0.05) is 24.9 Å². The predicted molar refractivity (Wildman–Crippen MR) is 78.3 cm³/mol. The monoisotopic (exact) mass is 286 g/mol. The average Bonchev–Trinajstić information content (AvgIpc) is 2.32. The molecule has 1 rings (SSSR count). The Balaban J connectivity index is 2.57. The molecule has 0 heterocycles. The van der Waals surface area contributed by atoms with Gasteiger partial charge in [-0.1, -0.05) is 0 Å². The Morgan fingerprint density at radius 3 is 2.79 bits per heavy atom. The van der Waals surface area contributed by atoms with Gasteiger partial charge >= 0.3 is 0 Å². The first kappa shape index (κ1) is 15.7. The fraction of sp³-hybridized carbons (Fsp3) is 0.462. The summed E-state index contributed by atoms with van der Waals surface area (Å²) in [5.74, 6) is -0.181. The highest BCUT2D eigenvalue weighted by Crippen LogP contribution is 2.21.